The van der Waals surface area contributed by atoms with E-state index in [0.717, 1.165) is 5.56 Å². The van der Waals surface area contributed by atoms with Crippen molar-refractivity contribution in [2.24, 2.45) is 0 Å². The van der Waals surface area contributed by atoms with Crippen molar-refractivity contribution in [2.45, 2.75) is 0 Å². The monoisotopic (exact) mass is 227 g/mol. The number of hydrogen-bond acceptors (Lipinski definition) is 3. The summed E-state index contributed by atoms with van der Waals surface area (Å²) in [5.41, 5.74) is 2.05. The number of para-hydroxylation sites is 1. The van der Waals surface area contributed by atoms with Gasteiger partial charge in [-0.05, 0) is 28.5 Å². The van der Waals surface area contributed by atoms with Crippen LogP contribution in [0.1, 0.15) is 16.7 Å². The molecule has 1 heterocycles. The van der Waals surface area contributed by atoms with E-state index in [9.17, 15) is 5.11 Å². The standard InChI is InChI=1S/C13H9NOS/c14-8-12-3-1-2-11(13(12)15)5-4-10-6-7-16-9-10/h1-7,9,15H/b5-4+. The lowest BCUT2D eigenvalue weighted by Crippen LogP contribution is -1.80. The Bertz CT molecular complexity index is 550. The first-order valence-corrected chi connectivity index (χ1v) is 5.68. The zero-order valence-electron chi connectivity index (χ0n) is 8.42. The minimum Gasteiger partial charge on any atom is -0.506 e. The van der Waals surface area contributed by atoms with Gasteiger partial charge in [-0.15, -0.1) is 0 Å². The third-order valence-corrected chi connectivity index (χ3v) is 2.89. The molecular formula is C13H9NOS. The summed E-state index contributed by atoms with van der Waals surface area (Å²) >= 11 is 1.62. The minimum absolute atomic E-state index is 0.0384. The molecule has 1 aromatic heterocycles. The number of benzene rings is 1. The third-order valence-electron chi connectivity index (χ3n) is 2.19. The van der Waals surface area contributed by atoms with Gasteiger partial charge in [0.25, 0.3) is 0 Å². The summed E-state index contributed by atoms with van der Waals surface area (Å²) in [6.45, 7) is 0. The Morgan fingerprint density at radius 2 is 2.12 bits per heavy atom. The van der Waals surface area contributed by atoms with E-state index in [1.54, 1.807) is 35.6 Å². The summed E-state index contributed by atoms with van der Waals surface area (Å²) in [7, 11) is 0. The van der Waals surface area contributed by atoms with E-state index in [0.29, 0.717) is 11.1 Å². The Morgan fingerprint density at radius 1 is 1.25 bits per heavy atom. The number of aromatic hydroxyl groups is 1. The van der Waals surface area contributed by atoms with Crippen molar-refractivity contribution in [3.05, 3.63) is 51.7 Å². The predicted molar refractivity (Wildman–Crippen MR) is 66.1 cm³/mol. The summed E-state index contributed by atoms with van der Waals surface area (Å²) in [5, 5.41) is 22.5. The normalized spacial score (nSPS) is 10.4. The molecule has 0 atom stereocenters. The second kappa shape index (κ2) is 4.65. The molecule has 2 rings (SSSR count). The van der Waals surface area contributed by atoms with Crippen LogP contribution in [0.15, 0.2) is 35.0 Å². The smallest absolute Gasteiger partial charge is 0.140 e. The van der Waals surface area contributed by atoms with Crippen molar-refractivity contribution in [1.82, 2.24) is 0 Å². The quantitative estimate of drug-likeness (QED) is 0.853. The van der Waals surface area contributed by atoms with E-state index < -0.39 is 0 Å². The van der Waals surface area contributed by atoms with Gasteiger partial charge in [0.15, 0.2) is 0 Å². The molecule has 1 aromatic carbocycles. The molecule has 3 heteroatoms. The van der Waals surface area contributed by atoms with Gasteiger partial charge in [-0.2, -0.15) is 16.6 Å². The molecule has 0 aliphatic heterocycles. The van der Waals surface area contributed by atoms with E-state index in [2.05, 4.69) is 0 Å². The third kappa shape index (κ3) is 2.13. The van der Waals surface area contributed by atoms with Crippen molar-refractivity contribution >= 4 is 23.5 Å². The molecule has 0 fully saturated rings. The van der Waals surface area contributed by atoms with E-state index >= 15 is 0 Å². The molecule has 78 valence electrons. The van der Waals surface area contributed by atoms with Crippen LogP contribution in [0.3, 0.4) is 0 Å². The van der Waals surface area contributed by atoms with Crippen molar-refractivity contribution in [3.63, 3.8) is 0 Å². The number of nitrogens with zero attached hydrogens (tertiary/aromatic N) is 1. The predicted octanol–water partition coefficient (Wildman–Crippen LogP) is 3.50. The van der Waals surface area contributed by atoms with Crippen LogP contribution in [-0.2, 0) is 0 Å². The molecule has 2 nitrogen and oxygen atoms in total. The van der Waals surface area contributed by atoms with Crippen LogP contribution in [0.2, 0.25) is 0 Å². The Labute approximate surface area is 97.7 Å². The first-order valence-electron chi connectivity index (χ1n) is 4.73. The van der Waals surface area contributed by atoms with E-state index in [1.165, 1.54) is 0 Å². The highest BCUT2D eigenvalue weighted by Crippen LogP contribution is 2.23. The van der Waals surface area contributed by atoms with E-state index in [-0.39, 0.29) is 5.75 Å². The van der Waals surface area contributed by atoms with Gasteiger partial charge >= 0.3 is 0 Å². The SMILES string of the molecule is N#Cc1cccc(/C=C/c2ccsc2)c1O. The van der Waals surface area contributed by atoms with Crippen molar-refractivity contribution < 1.29 is 5.11 Å². The van der Waals surface area contributed by atoms with Crippen LogP contribution in [0.4, 0.5) is 0 Å². The lowest BCUT2D eigenvalue weighted by Gasteiger charge is -1.99. The molecule has 16 heavy (non-hydrogen) atoms. The van der Waals surface area contributed by atoms with Gasteiger partial charge in [0, 0.05) is 5.56 Å². The van der Waals surface area contributed by atoms with Gasteiger partial charge in [-0.3, -0.25) is 0 Å². The van der Waals surface area contributed by atoms with Crippen molar-refractivity contribution in [3.8, 4) is 11.8 Å². The molecule has 0 spiro atoms. The van der Waals surface area contributed by atoms with Crippen molar-refractivity contribution in [1.29, 1.82) is 5.26 Å². The maximum atomic E-state index is 9.75. The molecule has 2 aromatic rings. The summed E-state index contributed by atoms with van der Waals surface area (Å²) < 4.78 is 0. The highest BCUT2D eigenvalue weighted by atomic mass is 32.1. The molecule has 1 N–H and O–H groups in total. The molecule has 0 radical (unpaired) electrons. The van der Waals surface area contributed by atoms with Crippen LogP contribution in [-0.4, -0.2) is 5.11 Å². The Morgan fingerprint density at radius 3 is 2.81 bits per heavy atom. The van der Waals surface area contributed by atoms with Gasteiger partial charge in [0.05, 0.1) is 5.56 Å². The summed E-state index contributed by atoms with van der Waals surface area (Å²) in [4.78, 5) is 0. The molecule has 0 saturated heterocycles. The molecular weight excluding hydrogens is 218 g/mol. The second-order valence-corrected chi connectivity index (χ2v) is 4.03. The van der Waals surface area contributed by atoms with E-state index in [4.69, 9.17) is 5.26 Å². The van der Waals surface area contributed by atoms with Gasteiger partial charge in [-0.25, -0.2) is 0 Å². The zero-order valence-corrected chi connectivity index (χ0v) is 9.24. The van der Waals surface area contributed by atoms with Crippen LogP contribution in [0, 0.1) is 11.3 Å². The first kappa shape index (κ1) is 10.5. The largest absolute Gasteiger partial charge is 0.506 e. The lowest BCUT2D eigenvalue weighted by atomic mass is 10.1. The highest BCUT2D eigenvalue weighted by Gasteiger charge is 2.02. The van der Waals surface area contributed by atoms with Gasteiger partial charge < -0.3 is 5.11 Å². The summed E-state index contributed by atoms with van der Waals surface area (Å²) in [6, 6.07) is 9.07. The fourth-order valence-corrected chi connectivity index (χ4v) is 1.97. The average molecular weight is 227 g/mol. The van der Waals surface area contributed by atoms with Gasteiger partial charge in [-0.1, -0.05) is 24.3 Å². The fraction of sp³-hybridized carbons (Fsp3) is 0. The summed E-state index contributed by atoms with van der Waals surface area (Å²) in [6.07, 6.45) is 3.71. The van der Waals surface area contributed by atoms with Gasteiger partial charge in [0.1, 0.15) is 11.8 Å². The number of hydrogen-bond donors (Lipinski definition) is 1. The van der Waals surface area contributed by atoms with Crippen molar-refractivity contribution in [2.75, 3.05) is 0 Å². The highest BCUT2D eigenvalue weighted by molar-refractivity contribution is 7.08. The maximum Gasteiger partial charge on any atom is 0.140 e. The molecule has 0 aliphatic rings. The number of rotatable bonds is 2. The summed E-state index contributed by atoms with van der Waals surface area (Å²) in [5.74, 6) is 0.0384. The Kier molecular flexibility index (Phi) is 3.04. The number of thiophene rings is 1. The Hall–Kier alpha value is -2.05. The van der Waals surface area contributed by atoms with Gasteiger partial charge in [0.2, 0.25) is 0 Å². The fourth-order valence-electron chi connectivity index (χ4n) is 1.34. The van der Waals surface area contributed by atoms with Crippen LogP contribution >= 0.6 is 11.3 Å². The average Bonchev–Trinajstić information content (AvgIpc) is 2.81. The second-order valence-electron chi connectivity index (χ2n) is 3.25. The van der Waals surface area contributed by atoms with Crippen LogP contribution in [0.25, 0.3) is 12.2 Å². The van der Waals surface area contributed by atoms with Crippen LogP contribution in [0.5, 0.6) is 5.75 Å². The number of phenols is 1. The number of phenolic OH excluding ortho intramolecular Hbond substituents is 1. The molecule has 0 amide bonds. The minimum atomic E-state index is 0.0384. The number of nitriles is 1. The Balaban J connectivity index is 2.32. The molecule has 0 saturated carbocycles. The zero-order chi connectivity index (χ0) is 11.4. The molecule has 0 aliphatic carbocycles. The molecule has 0 bridgehead atoms. The topological polar surface area (TPSA) is 44.0 Å². The van der Waals surface area contributed by atoms with Crippen LogP contribution < -0.4 is 0 Å². The van der Waals surface area contributed by atoms with E-state index in [1.807, 2.05) is 29.0 Å². The maximum absolute atomic E-state index is 9.75. The lowest BCUT2D eigenvalue weighted by molar-refractivity contribution is 0.472. The first-order chi connectivity index (χ1) is 7.81. The molecule has 0 unspecified atom stereocenters.